The van der Waals surface area contributed by atoms with Crippen LogP contribution in [0.2, 0.25) is 0 Å². The highest BCUT2D eigenvalue weighted by molar-refractivity contribution is 7.71. The molecule has 0 aromatic carbocycles. The van der Waals surface area contributed by atoms with Crippen molar-refractivity contribution < 1.29 is 0 Å². The molecule has 2 aliphatic rings. The summed E-state index contributed by atoms with van der Waals surface area (Å²) in [5.41, 5.74) is 0. The minimum absolute atomic E-state index is 0.606. The minimum Gasteiger partial charge on any atom is -0.341 e. The van der Waals surface area contributed by atoms with Gasteiger partial charge in [-0.3, -0.25) is 4.57 Å². The molecule has 0 bridgehead atoms. The SMILES string of the molecule is CC(C)C1CCN(c2n[nH]c(=S)n2C2CC2)CC1. The monoisotopic (exact) mass is 266 g/mol. The molecule has 0 spiro atoms. The van der Waals surface area contributed by atoms with Crippen LogP contribution in [0.15, 0.2) is 0 Å². The molecule has 4 nitrogen and oxygen atoms in total. The fraction of sp³-hybridized carbons (Fsp3) is 0.846. The van der Waals surface area contributed by atoms with E-state index in [4.69, 9.17) is 12.2 Å². The van der Waals surface area contributed by atoms with Crippen molar-refractivity contribution in [3.8, 4) is 0 Å². The zero-order valence-electron chi connectivity index (χ0n) is 11.2. The van der Waals surface area contributed by atoms with Crippen LogP contribution in [0.25, 0.3) is 0 Å². The molecule has 1 saturated carbocycles. The summed E-state index contributed by atoms with van der Waals surface area (Å²) in [5, 5.41) is 7.41. The van der Waals surface area contributed by atoms with Gasteiger partial charge in [0.15, 0.2) is 4.77 Å². The van der Waals surface area contributed by atoms with Gasteiger partial charge in [-0.15, -0.1) is 5.10 Å². The Morgan fingerprint density at radius 3 is 2.44 bits per heavy atom. The van der Waals surface area contributed by atoms with E-state index in [0.29, 0.717) is 6.04 Å². The van der Waals surface area contributed by atoms with E-state index in [1.807, 2.05) is 0 Å². The van der Waals surface area contributed by atoms with Crippen LogP contribution >= 0.6 is 12.2 Å². The van der Waals surface area contributed by atoms with Crippen molar-refractivity contribution in [2.24, 2.45) is 11.8 Å². The van der Waals surface area contributed by atoms with Gasteiger partial charge in [0.2, 0.25) is 5.95 Å². The maximum Gasteiger partial charge on any atom is 0.225 e. The predicted octanol–water partition coefficient (Wildman–Crippen LogP) is 3.15. The number of anilines is 1. The summed E-state index contributed by atoms with van der Waals surface area (Å²) in [6.07, 6.45) is 5.07. The van der Waals surface area contributed by atoms with Gasteiger partial charge in [0, 0.05) is 19.1 Å². The first-order valence-electron chi connectivity index (χ1n) is 7.08. The smallest absolute Gasteiger partial charge is 0.225 e. The number of nitrogens with one attached hydrogen (secondary N) is 1. The number of hydrogen-bond donors (Lipinski definition) is 1. The van der Waals surface area contributed by atoms with Crippen molar-refractivity contribution in [3.63, 3.8) is 0 Å². The van der Waals surface area contributed by atoms with Gasteiger partial charge in [0.25, 0.3) is 0 Å². The lowest BCUT2D eigenvalue weighted by atomic mass is 9.87. The molecule has 1 aromatic heterocycles. The summed E-state index contributed by atoms with van der Waals surface area (Å²) in [6.45, 7) is 6.91. The number of hydrogen-bond acceptors (Lipinski definition) is 3. The highest BCUT2D eigenvalue weighted by Crippen LogP contribution is 2.38. The van der Waals surface area contributed by atoms with E-state index >= 15 is 0 Å². The van der Waals surface area contributed by atoms with Crippen molar-refractivity contribution in [2.75, 3.05) is 18.0 Å². The second kappa shape index (κ2) is 4.68. The molecular weight excluding hydrogens is 244 g/mol. The van der Waals surface area contributed by atoms with Crippen LogP contribution in [0.1, 0.15) is 45.6 Å². The standard InChI is InChI=1S/C13H22N4S/c1-9(2)10-5-7-16(8-6-10)12-14-15-13(18)17(12)11-3-4-11/h9-11H,3-8H2,1-2H3,(H,15,18). The van der Waals surface area contributed by atoms with E-state index in [-0.39, 0.29) is 0 Å². The quantitative estimate of drug-likeness (QED) is 0.854. The van der Waals surface area contributed by atoms with Gasteiger partial charge < -0.3 is 4.90 Å². The Morgan fingerprint density at radius 2 is 1.89 bits per heavy atom. The molecule has 1 saturated heterocycles. The van der Waals surface area contributed by atoms with E-state index in [2.05, 4.69) is 33.5 Å². The summed E-state index contributed by atoms with van der Waals surface area (Å²) in [4.78, 5) is 2.41. The number of aromatic amines is 1. The van der Waals surface area contributed by atoms with Gasteiger partial charge in [0.05, 0.1) is 0 Å². The third-order valence-corrected chi connectivity index (χ3v) is 4.65. The van der Waals surface area contributed by atoms with Crippen LogP contribution in [-0.4, -0.2) is 27.9 Å². The third kappa shape index (κ3) is 2.20. The number of nitrogens with zero attached hydrogens (tertiary/aromatic N) is 3. The Labute approximate surface area is 113 Å². The highest BCUT2D eigenvalue weighted by atomic mass is 32.1. The lowest BCUT2D eigenvalue weighted by Crippen LogP contribution is -2.36. The van der Waals surface area contributed by atoms with Crippen molar-refractivity contribution in [1.29, 1.82) is 0 Å². The second-order valence-corrected chi connectivity index (χ2v) is 6.39. The molecule has 1 aliphatic heterocycles. The molecule has 3 rings (SSSR count). The van der Waals surface area contributed by atoms with Gasteiger partial charge in [0.1, 0.15) is 0 Å². The summed E-state index contributed by atoms with van der Waals surface area (Å²) in [6, 6.07) is 0.606. The molecule has 5 heteroatoms. The summed E-state index contributed by atoms with van der Waals surface area (Å²) in [7, 11) is 0. The molecule has 0 radical (unpaired) electrons. The van der Waals surface area contributed by atoms with Gasteiger partial charge in [-0.05, 0) is 49.7 Å². The minimum atomic E-state index is 0.606. The maximum atomic E-state index is 5.34. The Bertz CT molecular complexity index is 464. The third-order valence-electron chi connectivity index (χ3n) is 4.36. The van der Waals surface area contributed by atoms with Crippen molar-refractivity contribution in [1.82, 2.24) is 14.8 Å². The van der Waals surface area contributed by atoms with Crippen LogP contribution in [0.3, 0.4) is 0 Å². The molecule has 1 N–H and O–H groups in total. The normalized spacial score (nSPS) is 21.8. The molecular formula is C13H22N4S. The Hall–Kier alpha value is -0.840. The molecule has 1 aliphatic carbocycles. The number of aromatic nitrogens is 3. The lowest BCUT2D eigenvalue weighted by Gasteiger charge is -2.34. The Morgan fingerprint density at radius 1 is 1.22 bits per heavy atom. The van der Waals surface area contributed by atoms with Gasteiger partial charge >= 0.3 is 0 Å². The van der Waals surface area contributed by atoms with Gasteiger partial charge in [-0.1, -0.05) is 13.8 Å². The van der Waals surface area contributed by atoms with E-state index in [0.717, 1.165) is 35.6 Å². The molecule has 0 atom stereocenters. The summed E-state index contributed by atoms with van der Waals surface area (Å²) in [5.74, 6) is 2.75. The first kappa shape index (κ1) is 12.2. The fourth-order valence-corrected chi connectivity index (χ4v) is 3.22. The van der Waals surface area contributed by atoms with Crippen LogP contribution in [-0.2, 0) is 0 Å². The molecule has 100 valence electrons. The van der Waals surface area contributed by atoms with Gasteiger partial charge in [-0.2, -0.15) is 0 Å². The van der Waals surface area contributed by atoms with Crippen LogP contribution < -0.4 is 4.90 Å². The molecule has 0 unspecified atom stereocenters. The van der Waals surface area contributed by atoms with Crippen molar-refractivity contribution in [2.45, 2.75) is 45.6 Å². The average Bonchev–Trinajstić information content (AvgIpc) is 3.13. The first-order chi connectivity index (χ1) is 8.66. The lowest BCUT2D eigenvalue weighted by molar-refractivity contribution is 0.309. The fourth-order valence-electron chi connectivity index (χ4n) is 2.95. The van der Waals surface area contributed by atoms with E-state index in [1.54, 1.807) is 0 Å². The molecule has 2 fully saturated rings. The van der Waals surface area contributed by atoms with Crippen LogP contribution in [0, 0.1) is 16.6 Å². The molecule has 18 heavy (non-hydrogen) atoms. The predicted molar refractivity (Wildman–Crippen MR) is 75.5 cm³/mol. The summed E-state index contributed by atoms with van der Waals surface area (Å²) >= 11 is 5.34. The van der Waals surface area contributed by atoms with Crippen molar-refractivity contribution in [3.05, 3.63) is 4.77 Å². The molecule has 2 heterocycles. The Balaban J connectivity index is 1.75. The number of piperidine rings is 1. The zero-order chi connectivity index (χ0) is 12.7. The topological polar surface area (TPSA) is 36.9 Å². The maximum absolute atomic E-state index is 5.34. The first-order valence-corrected chi connectivity index (χ1v) is 7.49. The summed E-state index contributed by atoms with van der Waals surface area (Å²) < 4.78 is 3.02. The Kier molecular flexibility index (Phi) is 3.18. The van der Waals surface area contributed by atoms with Crippen LogP contribution in [0.5, 0.6) is 0 Å². The molecule has 0 amide bonds. The zero-order valence-corrected chi connectivity index (χ0v) is 12.0. The largest absolute Gasteiger partial charge is 0.341 e. The van der Waals surface area contributed by atoms with Crippen LogP contribution in [0.4, 0.5) is 5.95 Å². The van der Waals surface area contributed by atoms with E-state index in [9.17, 15) is 0 Å². The number of rotatable bonds is 3. The molecule has 1 aromatic rings. The van der Waals surface area contributed by atoms with E-state index < -0.39 is 0 Å². The average molecular weight is 266 g/mol. The van der Waals surface area contributed by atoms with Gasteiger partial charge in [-0.25, -0.2) is 5.10 Å². The van der Waals surface area contributed by atoms with E-state index in [1.165, 1.54) is 25.7 Å². The highest BCUT2D eigenvalue weighted by Gasteiger charge is 2.31. The number of H-pyrrole nitrogens is 1. The second-order valence-electron chi connectivity index (χ2n) is 6.00. The van der Waals surface area contributed by atoms with Crippen molar-refractivity contribution >= 4 is 18.2 Å².